The summed E-state index contributed by atoms with van der Waals surface area (Å²) in [5.74, 6) is -0.549. The molecule has 2 N–H and O–H groups in total. The molecule has 7 heteroatoms. The highest BCUT2D eigenvalue weighted by atomic mass is 32.2. The van der Waals surface area contributed by atoms with Gasteiger partial charge in [-0.1, -0.05) is 45.4 Å². The topological polar surface area (TPSA) is 75.3 Å². The van der Waals surface area contributed by atoms with Crippen molar-refractivity contribution in [2.75, 3.05) is 5.32 Å². The predicted molar refractivity (Wildman–Crippen MR) is 102 cm³/mol. The maximum absolute atomic E-state index is 12.6. The smallest absolute Gasteiger partial charge is 0.250 e. The van der Waals surface area contributed by atoms with E-state index in [1.54, 1.807) is 11.4 Å². The van der Waals surface area contributed by atoms with Crippen LogP contribution in [0.2, 0.25) is 0 Å². The second kappa shape index (κ2) is 8.60. The number of anilines is 1. The predicted octanol–water partition coefficient (Wildman–Crippen LogP) is 3.64. The van der Waals surface area contributed by atoms with E-state index in [2.05, 4.69) is 17.0 Å². The number of carbonyl (C=O) groups is 1. The number of benzene rings is 1. The molecule has 0 fully saturated rings. The summed E-state index contributed by atoms with van der Waals surface area (Å²) >= 11 is 1.12. The van der Waals surface area contributed by atoms with Gasteiger partial charge in [0.25, 0.3) is 10.0 Å². The van der Waals surface area contributed by atoms with E-state index < -0.39 is 16.1 Å². The summed E-state index contributed by atoms with van der Waals surface area (Å²) in [5, 5.41) is 4.49. The van der Waals surface area contributed by atoms with Crippen LogP contribution in [0.1, 0.15) is 32.8 Å². The fourth-order valence-corrected chi connectivity index (χ4v) is 4.75. The molecular weight excluding hydrogens is 356 g/mol. The zero-order valence-electron chi connectivity index (χ0n) is 14.7. The van der Waals surface area contributed by atoms with E-state index in [4.69, 9.17) is 0 Å². The average molecular weight is 381 g/mol. The Hall–Kier alpha value is -1.70. The van der Waals surface area contributed by atoms with Crippen molar-refractivity contribution in [3.05, 3.63) is 47.3 Å². The van der Waals surface area contributed by atoms with Crippen LogP contribution in [0.15, 0.2) is 46.0 Å². The number of carbonyl (C=O) groups excluding carboxylic acids is 1. The zero-order valence-corrected chi connectivity index (χ0v) is 16.3. The molecule has 0 radical (unpaired) electrons. The van der Waals surface area contributed by atoms with Gasteiger partial charge in [0.1, 0.15) is 10.3 Å². The molecule has 1 amide bonds. The first kappa shape index (κ1) is 19.6. The first-order chi connectivity index (χ1) is 11.8. The van der Waals surface area contributed by atoms with Gasteiger partial charge in [0.2, 0.25) is 5.91 Å². The van der Waals surface area contributed by atoms with E-state index in [1.165, 1.54) is 11.6 Å². The van der Waals surface area contributed by atoms with Crippen LogP contribution < -0.4 is 10.0 Å². The summed E-state index contributed by atoms with van der Waals surface area (Å²) < 4.78 is 27.5. The van der Waals surface area contributed by atoms with Gasteiger partial charge in [-0.05, 0) is 41.5 Å². The minimum Gasteiger partial charge on any atom is -0.325 e. The lowest BCUT2D eigenvalue weighted by atomic mass is 10.0. The fourth-order valence-electron chi connectivity index (χ4n) is 2.40. The van der Waals surface area contributed by atoms with E-state index in [-0.39, 0.29) is 16.0 Å². The van der Waals surface area contributed by atoms with Crippen LogP contribution in [0.25, 0.3) is 0 Å². The maximum atomic E-state index is 12.6. The Bertz CT molecular complexity index is 782. The van der Waals surface area contributed by atoms with E-state index in [1.807, 2.05) is 38.1 Å². The normalized spacial score (nSPS) is 13.0. The molecule has 5 nitrogen and oxygen atoms in total. The second-order valence-electron chi connectivity index (χ2n) is 6.21. The number of thiophene rings is 1. The molecule has 0 aliphatic heterocycles. The number of rotatable bonds is 8. The standard InChI is InChI=1S/C18H24N2O3S2/c1-4-6-14-8-10-15(11-9-14)19-18(21)17(13(2)3)20-25(22,23)16-7-5-12-24-16/h5,7-13,17,20H,4,6H2,1-3H3,(H,19,21)/t17-/m1/s1. The Morgan fingerprint density at radius 3 is 2.36 bits per heavy atom. The minimum atomic E-state index is -3.70. The van der Waals surface area contributed by atoms with Crippen LogP contribution in [-0.4, -0.2) is 20.4 Å². The van der Waals surface area contributed by atoms with Gasteiger partial charge in [-0.2, -0.15) is 4.72 Å². The third kappa shape index (κ3) is 5.39. The van der Waals surface area contributed by atoms with Crippen molar-refractivity contribution in [2.45, 2.75) is 43.9 Å². The number of sulfonamides is 1. The van der Waals surface area contributed by atoms with E-state index in [0.717, 1.165) is 24.2 Å². The molecule has 0 saturated heterocycles. The lowest BCUT2D eigenvalue weighted by Crippen LogP contribution is -2.46. The quantitative estimate of drug-likeness (QED) is 0.734. The van der Waals surface area contributed by atoms with Crippen molar-refractivity contribution >= 4 is 33.0 Å². The van der Waals surface area contributed by atoms with Gasteiger partial charge in [0, 0.05) is 5.69 Å². The number of amides is 1. The van der Waals surface area contributed by atoms with Gasteiger partial charge in [-0.15, -0.1) is 11.3 Å². The van der Waals surface area contributed by atoms with Gasteiger partial charge in [-0.3, -0.25) is 4.79 Å². The van der Waals surface area contributed by atoms with Crippen LogP contribution in [0.5, 0.6) is 0 Å². The highest BCUT2D eigenvalue weighted by Gasteiger charge is 2.28. The highest BCUT2D eigenvalue weighted by molar-refractivity contribution is 7.91. The summed E-state index contributed by atoms with van der Waals surface area (Å²) in [5.41, 5.74) is 1.87. The first-order valence-corrected chi connectivity index (χ1v) is 10.7. The Morgan fingerprint density at radius 1 is 1.16 bits per heavy atom. The molecule has 1 aromatic heterocycles. The monoisotopic (exact) mass is 380 g/mol. The molecule has 0 aliphatic carbocycles. The van der Waals surface area contributed by atoms with Crippen LogP contribution in [-0.2, 0) is 21.2 Å². The van der Waals surface area contributed by atoms with Gasteiger partial charge in [0.15, 0.2) is 0 Å². The molecule has 136 valence electrons. The molecule has 2 aromatic rings. The van der Waals surface area contributed by atoms with Crippen LogP contribution in [0.4, 0.5) is 5.69 Å². The summed E-state index contributed by atoms with van der Waals surface area (Å²) in [4.78, 5) is 12.6. The zero-order chi connectivity index (χ0) is 18.4. The van der Waals surface area contributed by atoms with E-state index >= 15 is 0 Å². The van der Waals surface area contributed by atoms with Gasteiger partial charge < -0.3 is 5.32 Å². The summed E-state index contributed by atoms with van der Waals surface area (Å²) in [7, 11) is -3.70. The van der Waals surface area contributed by atoms with Gasteiger partial charge >= 0.3 is 0 Å². The Morgan fingerprint density at radius 2 is 1.84 bits per heavy atom. The SMILES string of the molecule is CCCc1ccc(NC(=O)[C@H](NS(=O)(=O)c2cccs2)C(C)C)cc1. The molecule has 1 heterocycles. The number of hydrogen-bond donors (Lipinski definition) is 2. The Kier molecular flexibility index (Phi) is 6.75. The third-order valence-corrected chi connectivity index (χ3v) is 6.59. The number of aryl methyl sites for hydroxylation is 1. The highest BCUT2D eigenvalue weighted by Crippen LogP contribution is 2.18. The summed E-state index contributed by atoms with van der Waals surface area (Å²) in [6, 6.07) is 9.97. The average Bonchev–Trinajstić information content (AvgIpc) is 3.10. The Labute approximate surface area is 153 Å². The van der Waals surface area contributed by atoms with Crippen molar-refractivity contribution < 1.29 is 13.2 Å². The van der Waals surface area contributed by atoms with Gasteiger partial charge in [0.05, 0.1) is 0 Å². The lowest BCUT2D eigenvalue weighted by Gasteiger charge is -2.21. The molecule has 1 atom stereocenters. The number of nitrogens with one attached hydrogen (secondary N) is 2. The molecule has 0 spiro atoms. The largest absolute Gasteiger partial charge is 0.325 e. The van der Waals surface area contributed by atoms with Crippen molar-refractivity contribution in [2.24, 2.45) is 5.92 Å². The molecule has 0 unspecified atom stereocenters. The summed E-state index contributed by atoms with van der Waals surface area (Å²) in [6.45, 7) is 5.74. The van der Waals surface area contributed by atoms with Crippen molar-refractivity contribution in [1.29, 1.82) is 0 Å². The second-order valence-corrected chi connectivity index (χ2v) is 9.10. The van der Waals surface area contributed by atoms with Crippen molar-refractivity contribution in [3.63, 3.8) is 0 Å². The first-order valence-electron chi connectivity index (χ1n) is 8.29. The van der Waals surface area contributed by atoms with E-state index in [0.29, 0.717) is 5.69 Å². The molecule has 0 aliphatic rings. The molecule has 25 heavy (non-hydrogen) atoms. The van der Waals surface area contributed by atoms with Crippen LogP contribution >= 0.6 is 11.3 Å². The third-order valence-electron chi connectivity index (χ3n) is 3.75. The molecule has 2 rings (SSSR count). The Balaban J connectivity index is 2.10. The molecule has 0 saturated carbocycles. The van der Waals surface area contributed by atoms with Crippen LogP contribution in [0.3, 0.4) is 0 Å². The lowest BCUT2D eigenvalue weighted by molar-refractivity contribution is -0.118. The number of hydrogen-bond acceptors (Lipinski definition) is 4. The molecule has 1 aromatic carbocycles. The molecule has 0 bridgehead atoms. The van der Waals surface area contributed by atoms with Crippen molar-refractivity contribution in [3.8, 4) is 0 Å². The molecular formula is C18H24N2O3S2. The van der Waals surface area contributed by atoms with Crippen LogP contribution in [0, 0.1) is 5.92 Å². The summed E-state index contributed by atoms with van der Waals surface area (Å²) in [6.07, 6.45) is 2.05. The van der Waals surface area contributed by atoms with Crippen molar-refractivity contribution in [1.82, 2.24) is 4.72 Å². The fraction of sp³-hybridized carbons (Fsp3) is 0.389. The van der Waals surface area contributed by atoms with Gasteiger partial charge in [-0.25, -0.2) is 8.42 Å². The van der Waals surface area contributed by atoms with E-state index in [9.17, 15) is 13.2 Å². The maximum Gasteiger partial charge on any atom is 0.250 e. The minimum absolute atomic E-state index is 0.186.